The molecule has 6 heteroatoms. The van der Waals surface area contributed by atoms with Gasteiger partial charge in [0.2, 0.25) is 0 Å². The lowest BCUT2D eigenvalue weighted by Gasteiger charge is -2.23. The van der Waals surface area contributed by atoms with Crippen LogP contribution < -0.4 is 4.90 Å². The van der Waals surface area contributed by atoms with Gasteiger partial charge in [-0.3, -0.25) is 4.79 Å². The number of aliphatic hydroxyl groups excluding tert-OH is 1. The number of ether oxygens (including phenoxy) is 1. The SMILES string of the molecule is CCCCCCc1nc(Cl)ccc1N(CO)CC(=O)OC. The number of unbranched alkanes of at least 4 members (excludes halogenated alkanes) is 3. The number of halogens is 1. The molecule has 1 rings (SSSR count). The topological polar surface area (TPSA) is 62.7 Å². The number of hydrogen-bond donors (Lipinski definition) is 1. The van der Waals surface area contributed by atoms with Crippen molar-refractivity contribution in [1.29, 1.82) is 0 Å². The highest BCUT2D eigenvalue weighted by molar-refractivity contribution is 6.29. The summed E-state index contributed by atoms with van der Waals surface area (Å²) in [7, 11) is 1.32. The van der Waals surface area contributed by atoms with E-state index in [9.17, 15) is 9.90 Å². The summed E-state index contributed by atoms with van der Waals surface area (Å²) in [6.45, 7) is 1.87. The van der Waals surface area contributed by atoms with Gasteiger partial charge in [-0.25, -0.2) is 4.98 Å². The summed E-state index contributed by atoms with van der Waals surface area (Å²) in [5.74, 6) is -0.407. The number of methoxy groups -OCH3 is 1. The van der Waals surface area contributed by atoms with Crippen molar-refractivity contribution in [3.05, 3.63) is 23.0 Å². The van der Waals surface area contributed by atoms with Crippen molar-refractivity contribution in [2.24, 2.45) is 0 Å². The zero-order valence-corrected chi connectivity index (χ0v) is 13.4. The van der Waals surface area contributed by atoms with Crippen molar-refractivity contribution in [2.75, 3.05) is 25.3 Å². The fourth-order valence-electron chi connectivity index (χ4n) is 2.09. The molecule has 0 aliphatic carbocycles. The molecule has 0 unspecified atom stereocenters. The zero-order valence-electron chi connectivity index (χ0n) is 12.6. The Morgan fingerprint density at radius 2 is 2.14 bits per heavy atom. The number of anilines is 1. The summed E-state index contributed by atoms with van der Waals surface area (Å²) in [6, 6.07) is 3.44. The van der Waals surface area contributed by atoms with Gasteiger partial charge in [-0.1, -0.05) is 37.8 Å². The molecule has 0 aliphatic heterocycles. The molecule has 0 radical (unpaired) electrons. The molecule has 118 valence electrons. The number of rotatable bonds is 9. The molecular formula is C15H23ClN2O3. The van der Waals surface area contributed by atoms with Crippen molar-refractivity contribution < 1.29 is 14.6 Å². The molecular weight excluding hydrogens is 292 g/mol. The van der Waals surface area contributed by atoms with Crippen LogP contribution in [0, 0.1) is 0 Å². The standard InChI is InChI=1S/C15H23ClN2O3/c1-3-4-5-6-7-12-13(8-9-14(16)17-12)18(11-19)10-15(20)21-2/h8-9,19H,3-7,10-11H2,1-2H3. The summed E-state index contributed by atoms with van der Waals surface area (Å²) in [4.78, 5) is 17.3. The van der Waals surface area contributed by atoms with Crippen LogP contribution in [-0.2, 0) is 16.0 Å². The van der Waals surface area contributed by atoms with Crippen molar-refractivity contribution in [1.82, 2.24) is 4.98 Å². The second-order valence-electron chi connectivity index (χ2n) is 4.83. The van der Waals surface area contributed by atoms with Crippen LogP contribution in [0.2, 0.25) is 5.15 Å². The van der Waals surface area contributed by atoms with E-state index < -0.39 is 5.97 Å². The number of aliphatic hydroxyl groups is 1. The monoisotopic (exact) mass is 314 g/mol. The van der Waals surface area contributed by atoms with E-state index in [1.165, 1.54) is 24.9 Å². The van der Waals surface area contributed by atoms with E-state index >= 15 is 0 Å². The molecule has 1 heterocycles. The smallest absolute Gasteiger partial charge is 0.325 e. The van der Waals surface area contributed by atoms with E-state index in [0.29, 0.717) is 5.15 Å². The first-order valence-electron chi connectivity index (χ1n) is 7.20. The van der Waals surface area contributed by atoms with Gasteiger partial charge in [-0.2, -0.15) is 0 Å². The third-order valence-corrected chi connectivity index (χ3v) is 3.45. The maximum absolute atomic E-state index is 11.4. The Hall–Kier alpha value is -1.33. The number of aryl methyl sites for hydroxylation is 1. The van der Waals surface area contributed by atoms with Crippen LogP contribution in [0.3, 0.4) is 0 Å². The first kappa shape index (κ1) is 17.7. The Balaban J connectivity index is 2.85. The van der Waals surface area contributed by atoms with Crippen LogP contribution in [0.5, 0.6) is 0 Å². The van der Waals surface area contributed by atoms with Crippen molar-refractivity contribution >= 4 is 23.3 Å². The fraction of sp³-hybridized carbons (Fsp3) is 0.600. The molecule has 1 aromatic rings. The predicted octanol–water partition coefficient (Wildman–Crippen LogP) is 2.79. The molecule has 5 nitrogen and oxygen atoms in total. The fourth-order valence-corrected chi connectivity index (χ4v) is 2.26. The van der Waals surface area contributed by atoms with Gasteiger partial charge >= 0.3 is 5.97 Å². The van der Waals surface area contributed by atoms with Gasteiger partial charge in [-0.15, -0.1) is 0 Å². The summed E-state index contributed by atoms with van der Waals surface area (Å²) in [5, 5.41) is 9.90. The second kappa shape index (κ2) is 9.58. The van der Waals surface area contributed by atoms with E-state index in [0.717, 1.165) is 30.6 Å². The maximum atomic E-state index is 11.4. The molecule has 0 amide bonds. The molecule has 21 heavy (non-hydrogen) atoms. The van der Waals surface area contributed by atoms with E-state index in [1.54, 1.807) is 12.1 Å². The summed E-state index contributed by atoms with van der Waals surface area (Å²) < 4.78 is 4.64. The minimum Gasteiger partial charge on any atom is -0.468 e. The Morgan fingerprint density at radius 3 is 2.76 bits per heavy atom. The lowest BCUT2D eigenvalue weighted by molar-refractivity contribution is -0.139. The van der Waals surface area contributed by atoms with Crippen LogP contribution in [-0.4, -0.2) is 36.4 Å². The van der Waals surface area contributed by atoms with Crippen LogP contribution in [0.25, 0.3) is 0 Å². The molecule has 0 bridgehead atoms. The van der Waals surface area contributed by atoms with Gasteiger partial charge in [0.1, 0.15) is 18.4 Å². The Morgan fingerprint density at radius 1 is 1.38 bits per heavy atom. The van der Waals surface area contributed by atoms with E-state index in [1.807, 2.05) is 0 Å². The summed E-state index contributed by atoms with van der Waals surface area (Å²) in [5.41, 5.74) is 1.53. The molecule has 0 saturated carbocycles. The highest BCUT2D eigenvalue weighted by atomic mass is 35.5. The average Bonchev–Trinajstić information content (AvgIpc) is 2.49. The Kier molecular flexibility index (Phi) is 8.08. The third-order valence-electron chi connectivity index (χ3n) is 3.24. The number of carbonyl (C=O) groups is 1. The average molecular weight is 315 g/mol. The van der Waals surface area contributed by atoms with Crippen LogP contribution in [0.1, 0.15) is 38.3 Å². The Labute approximate surface area is 130 Å². The van der Waals surface area contributed by atoms with Gasteiger partial charge in [0.05, 0.1) is 18.5 Å². The minimum atomic E-state index is -0.407. The zero-order chi connectivity index (χ0) is 15.7. The predicted molar refractivity (Wildman–Crippen MR) is 83.5 cm³/mol. The largest absolute Gasteiger partial charge is 0.468 e. The molecule has 0 aliphatic rings. The van der Waals surface area contributed by atoms with E-state index in [-0.39, 0.29) is 13.3 Å². The number of hydrogen-bond acceptors (Lipinski definition) is 5. The van der Waals surface area contributed by atoms with Gasteiger partial charge in [-0.05, 0) is 25.0 Å². The highest BCUT2D eigenvalue weighted by Crippen LogP contribution is 2.23. The van der Waals surface area contributed by atoms with Crippen LogP contribution in [0.15, 0.2) is 12.1 Å². The molecule has 0 fully saturated rings. The van der Waals surface area contributed by atoms with E-state index in [2.05, 4.69) is 16.6 Å². The van der Waals surface area contributed by atoms with Crippen LogP contribution in [0.4, 0.5) is 5.69 Å². The maximum Gasteiger partial charge on any atom is 0.325 e. The normalized spacial score (nSPS) is 10.5. The summed E-state index contributed by atoms with van der Waals surface area (Å²) >= 11 is 5.95. The number of nitrogens with zero attached hydrogens (tertiary/aromatic N) is 2. The van der Waals surface area contributed by atoms with Crippen molar-refractivity contribution in [3.63, 3.8) is 0 Å². The number of pyridine rings is 1. The molecule has 0 aromatic carbocycles. The van der Waals surface area contributed by atoms with Gasteiger partial charge in [0.25, 0.3) is 0 Å². The van der Waals surface area contributed by atoms with Crippen LogP contribution >= 0.6 is 11.6 Å². The molecule has 1 N–H and O–H groups in total. The first-order chi connectivity index (χ1) is 10.1. The van der Waals surface area contributed by atoms with Crippen molar-refractivity contribution in [2.45, 2.75) is 39.0 Å². The molecule has 0 spiro atoms. The lowest BCUT2D eigenvalue weighted by Crippen LogP contribution is -2.32. The van der Waals surface area contributed by atoms with Crippen molar-refractivity contribution in [3.8, 4) is 0 Å². The Bertz CT molecular complexity index is 455. The molecule has 0 saturated heterocycles. The number of esters is 1. The van der Waals surface area contributed by atoms with Gasteiger partial charge in [0.15, 0.2) is 0 Å². The highest BCUT2D eigenvalue weighted by Gasteiger charge is 2.15. The number of aromatic nitrogens is 1. The van der Waals surface area contributed by atoms with E-state index in [4.69, 9.17) is 11.6 Å². The minimum absolute atomic E-state index is 0.0156. The third kappa shape index (κ3) is 5.89. The number of carbonyl (C=O) groups excluding carboxylic acids is 1. The molecule has 0 atom stereocenters. The molecule has 1 aromatic heterocycles. The first-order valence-corrected chi connectivity index (χ1v) is 7.58. The quantitative estimate of drug-likeness (QED) is 0.329. The summed E-state index contributed by atoms with van der Waals surface area (Å²) in [6.07, 6.45) is 5.25. The second-order valence-corrected chi connectivity index (χ2v) is 5.21. The van der Waals surface area contributed by atoms with Gasteiger partial charge in [0, 0.05) is 0 Å². The lowest BCUT2D eigenvalue weighted by atomic mass is 10.1. The van der Waals surface area contributed by atoms with Gasteiger partial charge < -0.3 is 14.7 Å².